The maximum atomic E-state index is 12.1. The number of methoxy groups -OCH3 is 1. The minimum absolute atomic E-state index is 0.271. The van der Waals surface area contributed by atoms with Crippen LogP contribution in [-0.4, -0.2) is 94.1 Å². The quantitative estimate of drug-likeness (QED) is 0.587. The number of hydrogen-bond donors (Lipinski definition) is 2. The molecule has 0 radical (unpaired) electrons. The smallest absolute Gasteiger partial charge is 0.475 e. The first-order valence-electron chi connectivity index (χ1n) is 9.70. The molecule has 0 aromatic carbocycles. The van der Waals surface area contributed by atoms with Gasteiger partial charge in [0.25, 0.3) is 0 Å². The summed E-state index contributed by atoms with van der Waals surface area (Å²) in [6, 6.07) is 4.79. The van der Waals surface area contributed by atoms with Gasteiger partial charge in [-0.3, -0.25) is 14.7 Å². The van der Waals surface area contributed by atoms with E-state index in [0.717, 1.165) is 26.1 Å². The number of aliphatic carboxylic acids is 2. The van der Waals surface area contributed by atoms with Gasteiger partial charge in [0.1, 0.15) is 0 Å². The van der Waals surface area contributed by atoms with Crippen molar-refractivity contribution in [3.63, 3.8) is 0 Å². The summed E-state index contributed by atoms with van der Waals surface area (Å²) in [7, 11) is 1.68. The van der Waals surface area contributed by atoms with Crippen LogP contribution in [0.25, 0.3) is 0 Å². The molecule has 0 bridgehead atoms. The van der Waals surface area contributed by atoms with E-state index in [9.17, 15) is 31.1 Å². The lowest BCUT2D eigenvalue weighted by atomic mass is 10.1. The fourth-order valence-electron chi connectivity index (χ4n) is 3.41. The molecule has 0 unspecified atom stereocenters. The summed E-state index contributed by atoms with van der Waals surface area (Å²) in [5.74, 6) is -5.24. The minimum Gasteiger partial charge on any atom is -0.475 e. The van der Waals surface area contributed by atoms with Gasteiger partial charge in [-0.05, 0) is 18.1 Å². The SMILES string of the molecule is COCCN1C(=O)C[C@H]2[C@H]1CCN2Cc1cccnc1.O=C(O)C(F)(F)F.O=C(O)C(F)(F)F. The maximum absolute atomic E-state index is 12.1. The molecule has 34 heavy (non-hydrogen) atoms. The molecule has 2 aliphatic rings. The van der Waals surface area contributed by atoms with Gasteiger partial charge in [-0.25, -0.2) is 9.59 Å². The summed E-state index contributed by atoms with van der Waals surface area (Å²) >= 11 is 0. The Morgan fingerprint density at radius 1 is 1.12 bits per heavy atom. The maximum Gasteiger partial charge on any atom is 0.490 e. The van der Waals surface area contributed by atoms with Crippen LogP contribution in [-0.2, 0) is 25.7 Å². The molecular weight excluding hydrogens is 480 g/mol. The number of fused-ring (bicyclic) bond motifs is 1. The van der Waals surface area contributed by atoms with Crippen LogP contribution < -0.4 is 0 Å². The number of aromatic nitrogens is 1. The van der Waals surface area contributed by atoms with E-state index >= 15 is 0 Å². The first-order valence-corrected chi connectivity index (χ1v) is 9.70. The minimum atomic E-state index is -5.08. The molecular formula is C19H23F6N3O6. The number of carboxylic acid groups (broad SMARTS) is 2. The summed E-state index contributed by atoms with van der Waals surface area (Å²) in [6.45, 7) is 3.29. The van der Waals surface area contributed by atoms with E-state index in [1.807, 2.05) is 17.2 Å². The molecule has 1 aromatic rings. The molecule has 2 N–H and O–H groups in total. The number of alkyl halides is 6. The number of amides is 1. The Balaban J connectivity index is 0.000000343. The van der Waals surface area contributed by atoms with E-state index < -0.39 is 24.3 Å². The highest BCUT2D eigenvalue weighted by Crippen LogP contribution is 2.33. The number of carbonyl (C=O) groups excluding carboxylic acids is 1. The Labute approximate surface area is 189 Å². The third-order valence-corrected chi connectivity index (χ3v) is 4.86. The molecule has 192 valence electrons. The zero-order valence-electron chi connectivity index (χ0n) is 17.8. The van der Waals surface area contributed by atoms with Gasteiger partial charge in [-0.15, -0.1) is 0 Å². The standard InChI is InChI=1S/C15H21N3O2.2C2HF3O2/c1-20-8-7-18-13-4-6-17(14(13)9-15(18)19)11-12-3-2-5-16-10-12;2*3-2(4,5)1(6)7/h2-3,5,10,13-14H,4,6-9,11H2,1H3;2*(H,6,7)/t13-,14+;;/m1../s1. The molecule has 15 heteroatoms. The van der Waals surface area contributed by atoms with E-state index in [-0.39, 0.29) is 5.91 Å². The Hall–Kier alpha value is -2.94. The van der Waals surface area contributed by atoms with Crippen LogP contribution >= 0.6 is 0 Å². The van der Waals surface area contributed by atoms with Gasteiger partial charge in [-0.1, -0.05) is 6.07 Å². The van der Waals surface area contributed by atoms with Crippen molar-refractivity contribution in [1.29, 1.82) is 0 Å². The zero-order valence-corrected chi connectivity index (χ0v) is 17.8. The average Bonchev–Trinajstić information content (AvgIpc) is 3.25. The molecule has 1 aromatic heterocycles. The fourth-order valence-corrected chi connectivity index (χ4v) is 3.41. The lowest BCUT2D eigenvalue weighted by Crippen LogP contribution is -2.38. The van der Waals surface area contributed by atoms with Crippen molar-refractivity contribution in [3.05, 3.63) is 30.1 Å². The number of likely N-dealkylation sites (tertiary alicyclic amines) is 2. The summed E-state index contributed by atoms with van der Waals surface area (Å²) in [5.41, 5.74) is 1.22. The average molecular weight is 503 g/mol. The zero-order chi connectivity index (χ0) is 26.1. The Kier molecular flexibility index (Phi) is 10.7. The van der Waals surface area contributed by atoms with Crippen molar-refractivity contribution in [2.75, 3.05) is 26.8 Å². The highest BCUT2D eigenvalue weighted by Gasteiger charge is 2.46. The lowest BCUT2D eigenvalue weighted by Gasteiger charge is -2.25. The van der Waals surface area contributed by atoms with Crippen LogP contribution in [0.4, 0.5) is 26.3 Å². The molecule has 2 saturated heterocycles. The first kappa shape index (κ1) is 29.1. The number of pyridine rings is 1. The molecule has 2 atom stereocenters. The highest BCUT2D eigenvalue weighted by atomic mass is 19.4. The van der Waals surface area contributed by atoms with Gasteiger partial charge in [-0.2, -0.15) is 26.3 Å². The van der Waals surface area contributed by atoms with Crippen molar-refractivity contribution in [2.24, 2.45) is 0 Å². The number of ether oxygens (including phenoxy) is 1. The molecule has 0 spiro atoms. The van der Waals surface area contributed by atoms with Gasteiger partial charge in [0.15, 0.2) is 0 Å². The topological polar surface area (TPSA) is 120 Å². The van der Waals surface area contributed by atoms with Gasteiger partial charge >= 0.3 is 24.3 Å². The van der Waals surface area contributed by atoms with E-state index in [2.05, 4.69) is 16.0 Å². The van der Waals surface area contributed by atoms with Gasteiger partial charge in [0.2, 0.25) is 5.91 Å². The summed E-state index contributed by atoms with van der Waals surface area (Å²) in [6.07, 6.45) is -4.75. The van der Waals surface area contributed by atoms with Gasteiger partial charge in [0, 0.05) is 57.6 Å². The molecule has 2 aliphatic heterocycles. The van der Waals surface area contributed by atoms with Crippen LogP contribution in [0.5, 0.6) is 0 Å². The summed E-state index contributed by atoms with van der Waals surface area (Å²) < 4.78 is 68.6. The fraction of sp³-hybridized carbons (Fsp3) is 0.579. The molecule has 2 fully saturated rings. The predicted octanol–water partition coefficient (Wildman–Crippen LogP) is 2.17. The second-order valence-electron chi connectivity index (χ2n) is 7.14. The number of carboxylic acids is 2. The highest BCUT2D eigenvalue weighted by molar-refractivity contribution is 5.80. The van der Waals surface area contributed by atoms with Crippen LogP contribution in [0.2, 0.25) is 0 Å². The Bertz CT molecular complexity index is 797. The number of rotatable bonds is 5. The molecule has 9 nitrogen and oxygen atoms in total. The van der Waals surface area contributed by atoms with E-state index in [1.54, 1.807) is 13.3 Å². The van der Waals surface area contributed by atoms with E-state index in [1.165, 1.54) is 5.56 Å². The number of nitrogens with zero attached hydrogens (tertiary/aromatic N) is 3. The third-order valence-electron chi connectivity index (χ3n) is 4.86. The van der Waals surface area contributed by atoms with Crippen molar-refractivity contribution < 1.29 is 55.7 Å². The number of halogens is 6. The summed E-state index contributed by atoms with van der Waals surface area (Å²) in [5, 5.41) is 14.2. The van der Waals surface area contributed by atoms with Gasteiger partial charge in [0.05, 0.1) is 6.61 Å². The number of carbonyl (C=O) groups is 3. The van der Waals surface area contributed by atoms with E-state index in [0.29, 0.717) is 25.1 Å². The van der Waals surface area contributed by atoms with Crippen molar-refractivity contribution in [2.45, 2.75) is 43.8 Å². The largest absolute Gasteiger partial charge is 0.490 e. The monoisotopic (exact) mass is 503 g/mol. The third kappa shape index (κ3) is 9.13. The van der Waals surface area contributed by atoms with Crippen molar-refractivity contribution in [3.8, 4) is 0 Å². The van der Waals surface area contributed by atoms with Crippen molar-refractivity contribution in [1.82, 2.24) is 14.8 Å². The molecule has 0 aliphatic carbocycles. The lowest BCUT2D eigenvalue weighted by molar-refractivity contribution is -0.193. The Morgan fingerprint density at radius 3 is 2.12 bits per heavy atom. The van der Waals surface area contributed by atoms with Crippen molar-refractivity contribution >= 4 is 17.8 Å². The normalized spacial score (nSPS) is 20.1. The first-order chi connectivity index (χ1) is 15.7. The van der Waals surface area contributed by atoms with Crippen LogP contribution in [0.3, 0.4) is 0 Å². The molecule has 0 saturated carbocycles. The molecule has 1 amide bonds. The van der Waals surface area contributed by atoms with Crippen LogP contribution in [0.15, 0.2) is 24.5 Å². The predicted molar refractivity (Wildman–Crippen MR) is 102 cm³/mol. The van der Waals surface area contributed by atoms with Crippen LogP contribution in [0, 0.1) is 0 Å². The molecule has 3 rings (SSSR count). The second kappa shape index (κ2) is 12.5. The van der Waals surface area contributed by atoms with E-state index in [4.69, 9.17) is 24.5 Å². The summed E-state index contributed by atoms with van der Waals surface area (Å²) in [4.78, 5) is 38.5. The number of hydrogen-bond acceptors (Lipinski definition) is 6. The van der Waals surface area contributed by atoms with Crippen LogP contribution in [0.1, 0.15) is 18.4 Å². The van der Waals surface area contributed by atoms with Gasteiger partial charge < -0.3 is 19.8 Å². The second-order valence-corrected chi connectivity index (χ2v) is 7.14. The molecule has 3 heterocycles. The Morgan fingerprint density at radius 2 is 1.68 bits per heavy atom.